The average molecular weight is 478 g/mol. The van der Waals surface area contributed by atoms with Crippen molar-refractivity contribution in [1.82, 2.24) is 9.62 Å². The van der Waals surface area contributed by atoms with Crippen LogP contribution in [0.15, 0.2) is 53.4 Å². The number of hydrogen-bond donors (Lipinski definition) is 2. The number of benzene rings is 2. The lowest BCUT2D eigenvalue weighted by Gasteiger charge is -2.31. The largest absolute Gasteiger partial charge is 0.347 e. The van der Waals surface area contributed by atoms with Crippen LogP contribution in [0.3, 0.4) is 0 Å². The molecule has 2 N–H and O–H groups in total. The first kappa shape index (κ1) is 24.2. The molecular formula is C23H28ClN3O4S. The number of para-hydroxylation sites is 1. The van der Waals surface area contributed by atoms with E-state index < -0.39 is 21.5 Å². The molecule has 2 amide bonds. The summed E-state index contributed by atoms with van der Waals surface area (Å²) in [5, 5.41) is 6.17. The number of sulfonamides is 1. The predicted molar refractivity (Wildman–Crippen MR) is 125 cm³/mol. The minimum Gasteiger partial charge on any atom is -0.347 e. The maximum atomic E-state index is 13.0. The number of carbonyl (C=O) groups is 2. The highest BCUT2D eigenvalue weighted by molar-refractivity contribution is 7.89. The predicted octanol–water partition coefficient (Wildman–Crippen LogP) is 3.91. The molecule has 1 fully saturated rings. The number of rotatable bonds is 5. The lowest BCUT2D eigenvalue weighted by molar-refractivity contribution is -0.120. The van der Waals surface area contributed by atoms with Crippen LogP contribution >= 0.6 is 11.6 Å². The molecular weight excluding hydrogens is 450 g/mol. The molecule has 0 spiro atoms. The van der Waals surface area contributed by atoms with E-state index >= 15 is 0 Å². The summed E-state index contributed by atoms with van der Waals surface area (Å²) in [6.45, 7) is 6.06. The third kappa shape index (κ3) is 5.88. The topological polar surface area (TPSA) is 95.6 Å². The van der Waals surface area contributed by atoms with E-state index in [2.05, 4.69) is 10.6 Å². The van der Waals surface area contributed by atoms with Crippen molar-refractivity contribution < 1.29 is 18.0 Å². The van der Waals surface area contributed by atoms with Crippen LogP contribution in [-0.4, -0.2) is 43.2 Å². The Kier molecular flexibility index (Phi) is 7.27. The first-order chi connectivity index (χ1) is 15.0. The van der Waals surface area contributed by atoms with Gasteiger partial charge in [0.25, 0.3) is 5.91 Å². The Bertz CT molecular complexity index is 1090. The van der Waals surface area contributed by atoms with E-state index in [1.54, 1.807) is 24.3 Å². The zero-order chi connectivity index (χ0) is 23.5. The molecule has 0 unspecified atom stereocenters. The van der Waals surface area contributed by atoms with Crippen molar-refractivity contribution in [3.05, 3.63) is 59.1 Å². The van der Waals surface area contributed by atoms with Gasteiger partial charge in [-0.05, 0) is 70.0 Å². The number of hydrogen-bond acceptors (Lipinski definition) is 4. The number of carbonyl (C=O) groups excluding carboxylic acids is 2. The lowest BCUT2D eigenvalue weighted by Crippen LogP contribution is -2.44. The normalized spacial score (nSPS) is 17.6. The third-order valence-corrected chi connectivity index (χ3v) is 7.26. The minimum absolute atomic E-state index is 0.0765. The molecule has 2 aromatic rings. The van der Waals surface area contributed by atoms with Gasteiger partial charge in [0.1, 0.15) is 0 Å². The Morgan fingerprint density at radius 2 is 1.72 bits per heavy atom. The highest BCUT2D eigenvalue weighted by atomic mass is 35.5. The average Bonchev–Trinajstić information content (AvgIpc) is 2.73. The summed E-state index contributed by atoms with van der Waals surface area (Å²) < 4.78 is 27.3. The number of nitrogens with zero attached hydrogens (tertiary/aromatic N) is 1. The quantitative estimate of drug-likeness (QED) is 0.682. The van der Waals surface area contributed by atoms with Gasteiger partial charge >= 0.3 is 0 Å². The Labute approximate surface area is 194 Å². The van der Waals surface area contributed by atoms with Crippen molar-refractivity contribution in [2.24, 2.45) is 5.92 Å². The SMILES string of the molecule is CC(C)(C)NC(=O)c1ccccc1NC(=O)[C@@H]1CCCN(S(=O)(=O)c2ccc(Cl)cc2)C1. The van der Waals surface area contributed by atoms with Crippen LogP contribution in [0.1, 0.15) is 44.0 Å². The first-order valence-corrected chi connectivity index (χ1v) is 12.3. The zero-order valence-corrected chi connectivity index (χ0v) is 20.0. The molecule has 7 nitrogen and oxygen atoms in total. The third-order valence-electron chi connectivity index (χ3n) is 5.12. The highest BCUT2D eigenvalue weighted by Crippen LogP contribution is 2.26. The fourth-order valence-electron chi connectivity index (χ4n) is 3.56. The van der Waals surface area contributed by atoms with E-state index in [1.807, 2.05) is 20.8 Å². The van der Waals surface area contributed by atoms with Crippen LogP contribution < -0.4 is 10.6 Å². The summed E-state index contributed by atoms with van der Waals surface area (Å²) in [5.41, 5.74) is 0.336. The van der Waals surface area contributed by atoms with Gasteiger partial charge in [-0.25, -0.2) is 8.42 Å². The number of amides is 2. The molecule has 1 aliphatic heterocycles. The van der Waals surface area contributed by atoms with Crippen molar-refractivity contribution in [2.75, 3.05) is 18.4 Å². The Morgan fingerprint density at radius 3 is 2.38 bits per heavy atom. The van der Waals surface area contributed by atoms with E-state index in [-0.39, 0.29) is 23.3 Å². The summed E-state index contributed by atoms with van der Waals surface area (Å²) in [6, 6.07) is 12.8. The fourth-order valence-corrected chi connectivity index (χ4v) is 5.21. The fraction of sp³-hybridized carbons (Fsp3) is 0.391. The minimum atomic E-state index is -3.73. The Morgan fingerprint density at radius 1 is 1.06 bits per heavy atom. The second-order valence-corrected chi connectivity index (χ2v) is 11.3. The van der Waals surface area contributed by atoms with Crippen LogP contribution in [0.4, 0.5) is 5.69 Å². The summed E-state index contributed by atoms with van der Waals surface area (Å²) in [4.78, 5) is 25.8. The second kappa shape index (κ2) is 9.60. The molecule has 0 bridgehead atoms. The molecule has 1 aliphatic rings. The molecule has 2 aromatic carbocycles. The van der Waals surface area contributed by atoms with Crippen LogP contribution in [-0.2, 0) is 14.8 Å². The van der Waals surface area contributed by atoms with Gasteiger partial charge in [-0.1, -0.05) is 23.7 Å². The van der Waals surface area contributed by atoms with Gasteiger partial charge in [0, 0.05) is 23.7 Å². The van der Waals surface area contributed by atoms with Gasteiger partial charge in [0.05, 0.1) is 22.1 Å². The molecule has 0 aromatic heterocycles. The van der Waals surface area contributed by atoms with Crippen molar-refractivity contribution >= 4 is 39.1 Å². The van der Waals surface area contributed by atoms with E-state index in [9.17, 15) is 18.0 Å². The second-order valence-electron chi connectivity index (χ2n) is 8.90. The van der Waals surface area contributed by atoms with Crippen LogP contribution in [0.2, 0.25) is 5.02 Å². The van der Waals surface area contributed by atoms with Crippen LogP contribution in [0.25, 0.3) is 0 Å². The van der Waals surface area contributed by atoms with Gasteiger partial charge in [0.2, 0.25) is 15.9 Å². The monoisotopic (exact) mass is 477 g/mol. The Hall–Kier alpha value is -2.42. The summed E-state index contributed by atoms with van der Waals surface area (Å²) in [6.07, 6.45) is 1.13. The molecule has 0 saturated carbocycles. The number of piperidine rings is 1. The Balaban J connectivity index is 1.74. The van der Waals surface area contributed by atoms with Gasteiger partial charge in [-0.3, -0.25) is 9.59 Å². The molecule has 0 radical (unpaired) electrons. The van der Waals surface area contributed by atoms with Crippen LogP contribution in [0.5, 0.6) is 0 Å². The molecule has 3 rings (SSSR count). The molecule has 172 valence electrons. The molecule has 1 saturated heterocycles. The lowest BCUT2D eigenvalue weighted by atomic mass is 9.98. The van der Waals surface area contributed by atoms with Crippen molar-refractivity contribution in [1.29, 1.82) is 0 Å². The van der Waals surface area contributed by atoms with E-state index in [0.29, 0.717) is 35.7 Å². The zero-order valence-electron chi connectivity index (χ0n) is 18.4. The van der Waals surface area contributed by atoms with E-state index in [1.165, 1.54) is 28.6 Å². The van der Waals surface area contributed by atoms with Crippen molar-refractivity contribution in [3.63, 3.8) is 0 Å². The standard InChI is InChI=1S/C23H28ClN3O4S/c1-23(2,3)26-22(29)19-8-4-5-9-20(19)25-21(28)16-7-6-14-27(15-16)32(30,31)18-12-10-17(24)11-13-18/h4-5,8-13,16H,6-7,14-15H2,1-3H3,(H,25,28)(H,26,29)/t16-/m1/s1. The number of halogens is 1. The maximum absolute atomic E-state index is 13.0. The van der Waals surface area contributed by atoms with Gasteiger partial charge in [0.15, 0.2) is 0 Å². The highest BCUT2D eigenvalue weighted by Gasteiger charge is 2.33. The first-order valence-electron chi connectivity index (χ1n) is 10.5. The van der Waals surface area contributed by atoms with Gasteiger partial charge in [-0.15, -0.1) is 0 Å². The van der Waals surface area contributed by atoms with Crippen molar-refractivity contribution in [2.45, 2.75) is 44.0 Å². The number of nitrogens with one attached hydrogen (secondary N) is 2. The summed E-state index contributed by atoms with van der Waals surface area (Å²) in [5.74, 6) is -1.12. The van der Waals surface area contributed by atoms with E-state index in [4.69, 9.17) is 11.6 Å². The number of anilines is 1. The smallest absolute Gasteiger partial charge is 0.253 e. The molecule has 9 heteroatoms. The molecule has 1 heterocycles. The summed E-state index contributed by atoms with van der Waals surface area (Å²) >= 11 is 5.87. The van der Waals surface area contributed by atoms with Gasteiger partial charge in [-0.2, -0.15) is 4.31 Å². The van der Waals surface area contributed by atoms with Gasteiger partial charge < -0.3 is 10.6 Å². The summed E-state index contributed by atoms with van der Waals surface area (Å²) in [7, 11) is -3.73. The van der Waals surface area contributed by atoms with Crippen molar-refractivity contribution in [3.8, 4) is 0 Å². The molecule has 1 atom stereocenters. The molecule has 32 heavy (non-hydrogen) atoms. The molecule has 0 aliphatic carbocycles. The van der Waals surface area contributed by atoms with E-state index in [0.717, 1.165) is 0 Å². The maximum Gasteiger partial charge on any atom is 0.253 e. The van der Waals surface area contributed by atoms with Crippen LogP contribution in [0, 0.1) is 5.92 Å².